The van der Waals surface area contributed by atoms with E-state index < -0.39 is 5.41 Å². The first-order valence-electron chi connectivity index (χ1n) is 10.1. The molecule has 1 aliphatic heterocycles. The van der Waals surface area contributed by atoms with Crippen LogP contribution < -0.4 is 5.32 Å². The summed E-state index contributed by atoms with van der Waals surface area (Å²) in [5, 5.41) is 8.60. The number of ether oxygens (including phenoxy) is 1. The zero-order valence-electron chi connectivity index (χ0n) is 16.9. The van der Waals surface area contributed by atoms with E-state index in [9.17, 15) is 4.79 Å². The number of nitrogens with zero attached hydrogens (tertiary/aromatic N) is 1. The molecule has 1 aliphatic rings. The first-order chi connectivity index (χ1) is 14.0. The van der Waals surface area contributed by atoms with Gasteiger partial charge in [0.1, 0.15) is 0 Å². The summed E-state index contributed by atoms with van der Waals surface area (Å²) in [6.07, 6.45) is 1.21. The van der Waals surface area contributed by atoms with Crippen molar-refractivity contribution in [1.29, 1.82) is 0 Å². The van der Waals surface area contributed by atoms with Crippen LogP contribution in [0.25, 0.3) is 0 Å². The van der Waals surface area contributed by atoms with Gasteiger partial charge in [-0.15, -0.1) is 0 Å². The maximum absolute atomic E-state index is 13.6. The smallest absolute Gasteiger partial charge is 0.230 e. The predicted molar refractivity (Wildman–Crippen MR) is 121 cm³/mol. The highest BCUT2D eigenvalue weighted by atomic mass is 35.5. The van der Waals surface area contributed by atoms with Gasteiger partial charge < -0.3 is 10.1 Å². The molecule has 0 spiro atoms. The number of thiophene rings is 1. The Balaban J connectivity index is 1.85. The summed E-state index contributed by atoms with van der Waals surface area (Å²) < 4.78 is 5.56. The third kappa shape index (κ3) is 4.97. The van der Waals surface area contributed by atoms with Gasteiger partial charge in [0.25, 0.3) is 0 Å². The Bertz CT molecular complexity index is 803. The number of amides is 1. The molecule has 1 aromatic carbocycles. The molecule has 1 amide bonds. The van der Waals surface area contributed by atoms with Crippen molar-refractivity contribution in [2.75, 3.05) is 32.8 Å². The van der Waals surface area contributed by atoms with Gasteiger partial charge in [0.15, 0.2) is 0 Å². The molecule has 0 saturated carbocycles. The molecule has 29 heavy (non-hydrogen) atoms. The summed E-state index contributed by atoms with van der Waals surface area (Å²) >= 11 is 14.3. The molecule has 2 aromatic rings. The van der Waals surface area contributed by atoms with Crippen LogP contribution in [0.4, 0.5) is 0 Å². The zero-order chi connectivity index (χ0) is 20.9. The highest BCUT2D eigenvalue weighted by molar-refractivity contribution is 7.08. The average Bonchev–Trinajstić information content (AvgIpc) is 3.26. The molecule has 158 valence electrons. The molecule has 3 rings (SSSR count). The highest BCUT2D eigenvalue weighted by Crippen LogP contribution is 2.40. The average molecular weight is 455 g/mol. The van der Waals surface area contributed by atoms with Crippen LogP contribution >= 0.6 is 34.5 Å². The van der Waals surface area contributed by atoms with Crippen LogP contribution in [-0.4, -0.2) is 43.7 Å². The van der Waals surface area contributed by atoms with Crippen molar-refractivity contribution in [2.45, 2.75) is 38.1 Å². The van der Waals surface area contributed by atoms with Gasteiger partial charge in [-0.05, 0) is 66.0 Å². The number of hydrogen-bond acceptors (Lipinski definition) is 4. The monoisotopic (exact) mass is 454 g/mol. The number of hydrogen-bond donors (Lipinski definition) is 1. The molecule has 4 nitrogen and oxygen atoms in total. The Morgan fingerprint density at radius 1 is 1.24 bits per heavy atom. The molecule has 1 saturated heterocycles. The summed E-state index contributed by atoms with van der Waals surface area (Å²) in [4.78, 5) is 15.9. The van der Waals surface area contributed by atoms with E-state index >= 15 is 0 Å². The fourth-order valence-electron chi connectivity index (χ4n) is 4.16. The minimum Gasteiger partial charge on any atom is -0.381 e. The first kappa shape index (κ1) is 22.6. The van der Waals surface area contributed by atoms with Crippen LogP contribution in [0.15, 0.2) is 35.0 Å². The van der Waals surface area contributed by atoms with Crippen LogP contribution in [-0.2, 0) is 14.9 Å². The van der Waals surface area contributed by atoms with Crippen molar-refractivity contribution in [1.82, 2.24) is 10.2 Å². The fourth-order valence-corrected chi connectivity index (χ4v) is 5.46. The van der Waals surface area contributed by atoms with Crippen molar-refractivity contribution in [3.63, 3.8) is 0 Å². The van der Waals surface area contributed by atoms with Crippen LogP contribution in [0.5, 0.6) is 0 Å². The van der Waals surface area contributed by atoms with E-state index in [-0.39, 0.29) is 11.9 Å². The lowest BCUT2D eigenvalue weighted by atomic mass is 9.73. The van der Waals surface area contributed by atoms with E-state index in [1.165, 1.54) is 5.56 Å². The molecule has 1 atom stereocenters. The van der Waals surface area contributed by atoms with E-state index in [0.717, 1.165) is 18.7 Å². The molecule has 2 heterocycles. The molecular weight excluding hydrogens is 427 g/mol. The maximum Gasteiger partial charge on any atom is 0.230 e. The second-order valence-electron chi connectivity index (χ2n) is 7.32. The minimum absolute atomic E-state index is 0.0115. The second kappa shape index (κ2) is 10.3. The summed E-state index contributed by atoms with van der Waals surface area (Å²) in [6.45, 7) is 7.79. The van der Waals surface area contributed by atoms with Crippen LogP contribution in [0.3, 0.4) is 0 Å². The van der Waals surface area contributed by atoms with E-state index in [2.05, 4.69) is 40.9 Å². The van der Waals surface area contributed by atoms with Gasteiger partial charge >= 0.3 is 0 Å². The van der Waals surface area contributed by atoms with Crippen molar-refractivity contribution < 1.29 is 9.53 Å². The molecule has 0 radical (unpaired) electrons. The minimum atomic E-state index is -0.692. The summed E-state index contributed by atoms with van der Waals surface area (Å²) in [5.74, 6) is 0.0115. The molecule has 1 fully saturated rings. The van der Waals surface area contributed by atoms with Gasteiger partial charge in [0, 0.05) is 29.8 Å². The van der Waals surface area contributed by atoms with Crippen LogP contribution in [0, 0.1) is 0 Å². The van der Waals surface area contributed by atoms with E-state index in [0.29, 0.717) is 42.6 Å². The summed E-state index contributed by atoms with van der Waals surface area (Å²) in [6, 6.07) is 7.69. The largest absolute Gasteiger partial charge is 0.381 e. The van der Waals surface area contributed by atoms with Crippen molar-refractivity contribution in [3.05, 3.63) is 56.2 Å². The standard InChI is InChI=1S/C22H28Cl2N2O2S/c1-3-26(4-2)20(16-7-12-29-15-16)14-25-21(27)22(8-10-28-11-9-22)18-6-5-17(23)13-19(18)24/h5-7,12-13,15,20H,3-4,8-11,14H2,1-2H3,(H,25,27). The van der Waals surface area contributed by atoms with E-state index in [1.807, 2.05) is 6.07 Å². The number of likely N-dealkylation sites (N-methyl/N-ethyl adjacent to an activating group) is 1. The molecule has 0 bridgehead atoms. The third-order valence-corrected chi connectivity index (χ3v) is 7.11. The molecule has 0 aliphatic carbocycles. The van der Waals surface area contributed by atoms with Crippen molar-refractivity contribution in [3.8, 4) is 0 Å². The number of nitrogens with one attached hydrogen (secondary N) is 1. The first-order valence-corrected chi connectivity index (χ1v) is 11.8. The zero-order valence-corrected chi connectivity index (χ0v) is 19.2. The Hall–Kier alpha value is -1.11. The molecule has 7 heteroatoms. The summed E-state index contributed by atoms with van der Waals surface area (Å²) in [5.41, 5.74) is 1.38. The molecule has 1 unspecified atom stereocenters. The third-order valence-electron chi connectivity index (χ3n) is 5.86. The lowest BCUT2D eigenvalue weighted by molar-refractivity contribution is -0.130. The predicted octanol–water partition coefficient (Wildman–Crippen LogP) is 5.30. The van der Waals surface area contributed by atoms with Gasteiger partial charge in [0.2, 0.25) is 5.91 Å². The lowest BCUT2D eigenvalue weighted by Crippen LogP contribution is -2.50. The summed E-state index contributed by atoms with van der Waals surface area (Å²) in [7, 11) is 0. The Labute approximate surface area is 187 Å². The normalized spacial score (nSPS) is 17.3. The number of halogens is 2. The van der Waals surface area contributed by atoms with Gasteiger partial charge in [-0.1, -0.05) is 43.1 Å². The van der Waals surface area contributed by atoms with Crippen molar-refractivity contribution in [2.24, 2.45) is 0 Å². The second-order valence-corrected chi connectivity index (χ2v) is 8.95. The van der Waals surface area contributed by atoms with Gasteiger partial charge in [-0.3, -0.25) is 9.69 Å². The van der Waals surface area contributed by atoms with E-state index in [4.69, 9.17) is 27.9 Å². The fraction of sp³-hybridized carbons (Fsp3) is 0.500. The van der Waals surface area contributed by atoms with Crippen molar-refractivity contribution >= 4 is 40.4 Å². The molecular formula is C22H28Cl2N2O2S. The van der Waals surface area contributed by atoms with Gasteiger partial charge in [0.05, 0.1) is 11.5 Å². The number of carbonyl (C=O) groups is 1. The van der Waals surface area contributed by atoms with E-state index in [1.54, 1.807) is 23.5 Å². The van der Waals surface area contributed by atoms with Gasteiger partial charge in [-0.25, -0.2) is 0 Å². The quantitative estimate of drug-likeness (QED) is 0.587. The highest BCUT2D eigenvalue weighted by Gasteiger charge is 2.43. The Morgan fingerprint density at radius 2 is 1.97 bits per heavy atom. The molecule has 1 N–H and O–H groups in total. The number of benzene rings is 1. The number of rotatable bonds is 8. The lowest BCUT2D eigenvalue weighted by Gasteiger charge is -2.38. The van der Waals surface area contributed by atoms with Crippen LogP contribution in [0.1, 0.15) is 43.9 Å². The SMILES string of the molecule is CCN(CC)C(CNC(=O)C1(c2ccc(Cl)cc2Cl)CCOCC1)c1ccsc1. The number of carbonyl (C=O) groups excluding carboxylic acids is 1. The Morgan fingerprint density at radius 3 is 2.55 bits per heavy atom. The Kier molecular flexibility index (Phi) is 7.99. The molecule has 1 aromatic heterocycles. The topological polar surface area (TPSA) is 41.6 Å². The van der Waals surface area contributed by atoms with Crippen LogP contribution in [0.2, 0.25) is 10.0 Å². The maximum atomic E-state index is 13.6. The van der Waals surface area contributed by atoms with Gasteiger partial charge in [-0.2, -0.15) is 11.3 Å².